The number of anilines is 1. The zero-order chi connectivity index (χ0) is 9.97. The highest BCUT2D eigenvalue weighted by atomic mass is 16.4. The maximum atomic E-state index is 10.6. The van der Waals surface area contributed by atoms with Gasteiger partial charge in [0.05, 0.1) is 12.4 Å². The molecule has 2 N–H and O–H groups in total. The third-order valence-electron chi connectivity index (χ3n) is 2.31. The number of hydrogen-bond acceptors (Lipinski definition) is 4. The molecule has 1 saturated carbocycles. The van der Waals surface area contributed by atoms with Crippen LogP contribution >= 0.6 is 0 Å². The van der Waals surface area contributed by atoms with Crippen molar-refractivity contribution in [3.05, 3.63) is 18.1 Å². The topological polar surface area (TPSA) is 75.1 Å². The predicted molar refractivity (Wildman–Crippen MR) is 50.3 cm³/mol. The van der Waals surface area contributed by atoms with Crippen LogP contribution in [-0.4, -0.2) is 27.1 Å². The van der Waals surface area contributed by atoms with Crippen LogP contribution < -0.4 is 5.32 Å². The first-order valence-corrected chi connectivity index (χ1v) is 4.57. The van der Waals surface area contributed by atoms with Gasteiger partial charge in [-0.2, -0.15) is 0 Å². The van der Waals surface area contributed by atoms with E-state index in [0.717, 1.165) is 12.8 Å². The second kappa shape index (κ2) is 3.61. The van der Waals surface area contributed by atoms with Crippen molar-refractivity contribution in [1.82, 2.24) is 9.97 Å². The van der Waals surface area contributed by atoms with Crippen LogP contribution in [0.3, 0.4) is 0 Å². The fourth-order valence-corrected chi connectivity index (χ4v) is 1.30. The largest absolute Gasteiger partial charge is 0.476 e. The van der Waals surface area contributed by atoms with Crippen LogP contribution in [0.5, 0.6) is 0 Å². The van der Waals surface area contributed by atoms with Crippen molar-refractivity contribution >= 4 is 11.8 Å². The zero-order valence-corrected chi connectivity index (χ0v) is 7.60. The molecule has 5 heteroatoms. The molecule has 5 nitrogen and oxygen atoms in total. The highest BCUT2D eigenvalue weighted by Crippen LogP contribution is 2.21. The van der Waals surface area contributed by atoms with E-state index in [-0.39, 0.29) is 5.69 Å². The average Bonchev–Trinajstić information content (AvgIpc) is 2.12. The van der Waals surface area contributed by atoms with Crippen LogP contribution in [-0.2, 0) is 0 Å². The molecular weight excluding hydrogens is 182 g/mol. The summed E-state index contributed by atoms with van der Waals surface area (Å²) in [5.74, 6) is -0.496. The second-order valence-electron chi connectivity index (χ2n) is 3.37. The maximum absolute atomic E-state index is 10.6. The minimum atomic E-state index is -1.05. The Balaban J connectivity index is 2.09. The molecule has 74 valence electrons. The molecule has 0 aliphatic heterocycles. The first-order chi connectivity index (χ1) is 6.75. The van der Waals surface area contributed by atoms with Gasteiger partial charge >= 0.3 is 5.97 Å². The summed E-state index contributed by atoms with van der Waals surface area (Å²) in [6.45, 7) is 0. The lowest BCUT2D eigenvalue weighted by atomic mass is 9.93. The molecule has 0 aromatic carbocycles. The van der Waals surface area contributed by atoms with E-state index in [1.807, 2.05) is 0 Å². The van der Waals surface area contributed by atoms with Crippen molar-refractivity contribution < 1.29 is 9.90 Å². The van der Waals surface area contributed by atoms with Gasteiger partial charge in [0, 0.05) is 6.04 Å². The molecule has 0 radical (unpaired) electrons. The van der Waals surface area contributed by atoms with Gasteiger partial charge in [0.25, 0.3) is 0 Å². The summed E-state index contributed by atoms with van der Waals surface area (Å²) in [6.07, 6.45) is 6.26. The number of rotatable bonds is 3. The van der Waals surface area contributed by atoms with Gasteiger partial charge in [-0.25, -0.2) is 9.78 Å². The van der Waals surface area contributed by atoms with Crippen LogP contribution in [0.1, 0.15) is 29.8 Å². The number of carboxylic acid groups (broad SMARTS) is 1. The number of carboxylic acids is 1. The van der Waals surface area contributed by atoms with Gasteiger partial charge in [0.15, 0.2) is 5.69 Å². The van der Waals surface area contributed by atoms with Crippen LogP contribution in [0.15, 0.2) is 12.4 Å². The van der Waals surface area contributed by atoms with Crippen LogP contribution in [0.2, 0.25) is 0 Å². The van der Waals surface area contributed by atoms with Crippen molar-refractivity contribution in [2.75, 3.05) is 5.32 Å². The number of aromatic carboxylic acids is 1. The Morgan fingerprint density at radius 3 is 2.86 bits per heavy atom. The summed E-state index contributed by atoms with van der Waals surface area (Å²) in [6, 6.07) is 0.438. The third-order valence-corrected chi connectivity index (χ3v) is 2.31. The molecule has 0 unspecified atom stereocenters. The summed E-state index contributed by atoms with van der Waals surface area (Å²) >= 11 is 0. The number of hydrogen-bond donors (Lipinski definition) is 2. The molecule has 0 atom stereocenters. The van der Waals surface area contributed by atoms with Crippen LogP contribution in [0.4, 0.5) is 5.82 Å². The number of aromatic nitrogens is 2. The van der Waals surface area contributed by atoms with Gasteiger partial charge in [0.1, 0.15) is 5.82 Å². The molecule has 1 fully saturated rings. The Morgan fingerprint density at radius 2 is 2.29 bits per heavy atom. The Morgan fingerprint density at radius 1 is 1.50 bits per heavy atom. The van der Waals surface area contributed by atoms with Crippen molar-refractivity contribution in [2.24, 2.45) is 0 Å². The Hall–Kier alpha value is -1.65. The van der Waals surface area contributed by atoms with E-state index in [4.69, 9.17) is 5.11 Å². The Labute approximate surface area is 81.2 Å². The summed E-state index contributed by atoms with van der Waals surface area (Å²) in [7, 11) is 0. The first-order valence-electron chi connectivity index (χ1n) is 4.57. The van der Waals surface area contributed by atoms with E-state index >= 15 is 0 Å². The van der Waals surface area contributed by atoms with Gasteiger partial charge < -0.3 is 10.4 Å². The van der Waals surface area contributed by atoms with E-state index in [1.165, 1.54) is 12.6 Å². The normalized spacial score (nSPS) is 16.0. The molecule has 1 heterocycles. The van der Waals surface area contributed by atoms with Crippen LogP contribution in [0, 0.1) is 0 Å². The lowest BCUT2D eigenvalue weighted by molar-refractivity contribution is 0.0690. The quantitative estimate of drug-likeness (QED) is 0.752. The Kier molecular flexibility index (Phi) is 2.30. The van der Waals surface area contributed by atoms with Crippen molar-refractivity contribution in [3.63, 3.8) is 0 Å². The lowest BCUT2D eigenvalue weighted by Gasteiger charge is -2.26. The van der Waals surface area contributed by atoms with Crippen molar-refractivity contribution in [3.8, 4) is 0 Å². The molecule has 1 aliphatic carbocycles. The van der Waals surface area contributed by atoms with Gasteiger partial charge in [-0.05, 0) is 19.3 Å². The molecular formula is C9H11N3O2. The summed E-state index contributed by atoms with van der Waals surface area (Å²) in [5.41, 5.74) is -0.0191. The summed E-state index contributed by atoms with van der Waals surface area (Å²) in [4.78, 5) is 18.3. The van der Waals surface area contributed by atoms with Gasteiger partial charge in [-0.1, -0.05) is 0 Å². The number of nitrogens with one attached hydrogen (secondary N) is 1. The first kappa shape index (κ1) is 8.93. The summed E-state index contributed by atoms with van der Waals surface area (Å²) in [5, 5.41) is 11.8. The van der Waals surface area contributed by atoms with Crippen LogP contribution in [0.25, 0.3) is 0 Å². The zero-order valence-electron chi connectivity index (χ0n) is 7.60. The van der Waals surface area contributed by atoms with E-state index in [9.17, 15) is 4.79 Å². The van der Waals surface area contributed by atoms with E-state index in [2.05, 4.69) is 15.3 Å². The molecule has 0 spiro atoms. The van der Waals surface area contributed by atoms with E-state index in [0.29, 0.717) is 11.9 Å². The molecule has 1 aromatic heterocycles. The monoisotopic (exact) mass is 193 g/mol. The standard InChI is InChI=1S/C9H11N3O2/c13-9(14)7-4-10-5-8(12-7)11-6-2-1-3-6/h4-6H,1-3H2,(H,11,12)(H,13,14). The van der Waals surface area contributed by atoms with Gasteiger partial charge in [-0.15, -0.1) is 0 Å². The highest BCUT2D eigenvalue weighted by molar-refractivity contribution is 5.85. The van der Waals surface area contributed by atoms with Crippen molar-refractivity contribution in [2.45, 2.75) is 25.3 Å². The van der Waals surface area contributed by atoms with Crippen molar-refractivity contribution in [1.29, 1.82) is 0 Å². The molecule has 1 aliphatic rings. The van der Waals surface area contributed by atoms with E-state index in [1.54, 1.807) is 6.20 Å². The molecule has 0 amide bonds. The lowest BCUT2D eigenvalue weighted by Crippen LogP contribution is -2.27. The van der Waals surface area contributed by atoms with Gasteiger partial charge in [-0.3, -0.25) is 4.98 Å². The highest BCUT2D eigenvalue weighted by Gasteiger charge is 2.17. The maximum Gasteiger partial charge on any atom is 0.356 e. The molecule has 14 heavy (non-hydrogen) atoms. The molecule has 0 bridgehead atoms. The minimum Gasteiger partial charge on any atom is -0.476 e. The molecule has 0 saturated heterocycles. The second-order valence-corrected chi connectivity index (χ2v) is 3.37. The summed E-state index contributed by atoms with van der Waals surface area (Å²) < 4.78 is 0. The molecule has 1 aromatic rings. The SMILES string of the molecule is O=C(O)c1cncc(NC2CCC2)n1. The molecule has 2 rings (SSSR count). The fraction of sp³-hybridized carbons (Fsp3) is 0.444. The number of carbonyl (C=O) groups is 1. The average molecular weight is 193 g/mol. The smallest absolute Gasteiger partial charge is 0.356 e. The van der Waals surface area contributed by atoms with Gasteiger partial charge in [0.2, 0.25) is 0 Å². The predicted octanol–water partition coefficient (Wildman–Crippen LogP) is 1.14. The Bertz CT molecular complexity index is 350. The van der Waals surface area contributed by atoms with E-state index < -0.39 is 5.97 Å². The minimum absolute atomic E-state index is 0.0191. The number of nitrogens with zero attached hydrogens (tertiary/aromatic N) is 2. The third kappa shape index (κ3) is 1.81. The fourth-order valence-electron chi connectivity index (χ4n) is 1.30.